The summed E-state index contributed by atoms with van der Waals surface area (Å²) in [5.74, 6) is 0.924. The summed E-state index contributed by atoms with van der Waals surface area (Å²) in [6.45, 7) is 0. The first-order chi connectivity index (χ1) is 7.70. The molecule has 0 saturated heterocycles. The molecule has 1 N–H and O–H groups in total. The second-order valence-corrected chi connectivity index (χ2v) is 3.83. The monoisotopic (exact) mass is 234 g/mol. The van der Waals surface area contributed by atoms with E-state index in [-0.39, 0.29) is 5.75 Å². The van der Waals surface area contributed by atoms with Crippen LogP contribution in [-0.4, -0.2) is 12.2 Å². The molecular weight excluding hydrogens is 224 g/mol. The van der Waals surface area contributed by atoms with Gasteiger partial charge in [-0.15, -0.1) is 0 Å². The summed E-state index contributed by atoms with van der Waals surface area (Å²) >= 11 is 5.88. The van der Waals surface area contributed by atoms with Gasteiger partial charge < -0.3 is 9.84 Å². The van der Waals surface area contributed by atoms with Gasteiger partial charge in [-0.1, -0.05) is 23.7 Å². The van der Waals surface area contributed by atoms with E-state index in [1.54, 1.807) is 37.4 Å². The van der Waals surface area contributed by atoms with Crippen molar-refractivity contribution in [1.82, 2.24) is 0 Å². The molecule has 0 aliphatic heterocycles. The number of methoxy groups -OCH3 is 1. The first kappa shape index (κ1) is 10.8. The maximum atomic E-state index is 9.43. The molecule has 0 atom stereocenters. The highest BCUT2D eigenvalue weighted by atomic mass is 35.5. The zero-order chi connectivity index (χ0) is 11.5. The summed E-state index contributed by atoms with van der Waals surface area (Å²) in [4.78, 5) is 0. The molecule has 2 aromatic carbocycles. The van der Waals surface area contributed by atoms with E-state index in [2.05, 4.69) is 0 Å². The van der Waals surface area contributed by atoms with E-state index in [1.807, 2.05) is 12.1 Å². The van der Waals surface area contributed by atoms with Crippen LogP contribution in [0.3, 0.4) is 0 Å². The van der Waals surface area contributed by atoms with Crippen molar-refractivity contribution in [3.63, 3.8) is 0 Å². The van der Waals surface area contributed by atoms with Crippen molar-refractivity contribution >= 4 is 11.6 Å². The van der Waals surface area contributed by atoms with Crippen LogP contribution in [0, 0.1) is 0 Å². The highest BCUT2D eigenvalue weighted by Crippen LogP contribution is 2.33. The number of phenolic OH excluding ortho intramolecular Hbond substituents is 1. The first-order valence-corrected chi connectivity index (χ1v) is 5.21. The number of ether oxygens (including phenoxy) is 1. The lowest BCUT2D eigenvalue weighted by Gasteiger charge is -2.09. The van der Waals surface area contributed by atoms with Crippen LogP contribution in [0.5, 0.6) is 11.5 Å². The molecule has 0 amide bonds. The Hall–Kier alpha value is -1.67. The van der Waals surface area contributed by atoms with Gasteiger partial charge in [-0.3, -0.25) is 0 Å². The van der Waals surface area contributed by atoms with Gasteiger partial charge in [0.1, 0.15) is 11.5 Å². The second kappa shape index (κ2) is 4.45. The van der Waals surface area contributed by atoms with Crippen molar-refractivity contribution in [3.8, 4) is 22.6 Å². The van der Waals surface area contributed by atoms with Gasteiger partial charge in [-0.25, -0.2) is 0 Å². The third-order valence-electron chi connectivity index (χ3n) is 2.32. The number of hydrogen-bond acceptors (Lipinski definition) is 2. The summed E-state index contributed by atoms with van der Waals surface area (Å²) in [6.07, 6.45) is 0. The van der Waals surface area contributed by atoms with Crippen LogP contribution in [-0.2, 0) is 0 Å². The Balaban J connectivity index is 2.55. The van der Waals surface area contributed by atoms with Crippen LogP contribution in [0.15, 0.2) is 42.5 Å². The Morgan fingerprint density at radius 3 is 2.62 bits per heavy atom. The minimum Gasteiger partial charge on any atom is -0.508 e. The van der Waals surface area contributed by atoms with Crippen LogP contribution in [0.1, 0.15) is 0 Å². The maximum absolute atomic E-state index is 9.43. The zero-order valence-electron chi connectivity index (χ0n) is 8.77. The first-order valence-electron chi connectivity index (χ1n) is 4.83. The van der Waals surface area contributed by atoms with Gasteiger partial charge in [-0.05, 0) is 35.9 Å². The van der Waals surface area contributed by atoms with Crippen molar-refractivity contribution in [2.75, 3.05) is 7.11 Å². The lowest BCUT2D eigenvalue weighted by Crippen LogP contribution is -1.87. The quantitative estimate of drug-likeness (QED) is 0.858. The largest absolute Gasteiger partial charge is 0.508 e. The number of hydrogen-bond donors (Lipinski definition) is 1. The minimum absolute atomic E-state index is 0.231. The summed E-state index contributed by atoms with van der Waals surface area (Å²) < 4.78 is 5.25. The van der Waals surface area contributed by atoms with Gasteiger partial charge in [0.2, 0.25) is 0 Å². The van der Waals surface area contributed by atoms with Gasteiger partial charge in [0, 0.05) is 10.6 Å². The molecule has 0 aliphatic carbocycles. The summed E-state index contributed by atoms with van der Waals surface area (Å²) in [5.41, 5.74) is 1.80. The molecule has 0 aliphatic rings. The third-order valence-corrected chi connectivity index (χ3v) is 2.56. The van der Waals surface area contributed by atoms with E-state index in [9.17, 15) is 5.11 Å². The molecule has 82 valence electrons. The number of halogens is 1. The molecule has 0 heterocycles. The Labute approximate surface area is 99.1 Å². The predicted molar refractivity (Wildman–Crippen MR) is 65.1 cm³/mol. The van der Waals surface area contributed by atoms with Gasteiger partial charge >= 0.3 is 0 Å². The number of aromatic hydroxyl groups is 1. The Bertz CT molecular complexity index is 509. The lowest BCUT2D eigenvalue weighted by atomic mass is 10.0. The SMILES string of the molecule is COc1cc(Cl)ccc1-c1cccc(O)c1. The highest BCUT2D eigenvalue weighted by Gasteiger charge is 2.06. The number of rotatable bonds is 2. The standard InChI is InChI=1S/C13H11ClO2/c1-16-13-8-10(14)5-6-12(13)9-3-2-4-11(15)7-9/h2-8,15H,1H3. The maximum Gasteiger partial charge on any atom is 0.128 e. The number of phenols is 1. The van der Waals surface area contributed by atoms with E-state index in [0.717, 1.165) is 11.1 Å². The van der Waals surface area contributed by atoms with E-state index < -0.39 is 0 Å². The Morgan fingerprint density at radius 1 is 1.12 bits per heavy atom. The van der Waals surface area contributed by atoms with Crippen molar-refractivity contribution in [2.24, 2.45) is 0 Å². The predicted octanol–water partition coefficient (Wildman–Crippen LogP) is 3.72. The van der Waals surface area contributed by atoms with Crippen molar-refractivity contribution in [3.05, 3.63) is 47.5 Å². The van der Waals surface area contributed by atoms with E-state index >= 15 is 0 Å². The second-order valence-electron chi connectivity index (χ2n) is 3.39. The topological polar surface area (TPSA) is 29.5 Å². The molecule has 2 nitrogen and oxygen atoms in total. The van der Waals surface area contributed by atoms with Gasteiger partial charge in [0.05, 0.1) is 7.11 Å². The molecule has 2 rings (SSSR count). The van der Waals surface area contributed by atoms with Gasteiger partial charge in [0.15, 0.2) is 0 Å². The fourth-order valence-corrected chi connectivity index (χ4v) is 1.74. The van der Waals surface area contributed by atoms with Crippen molar-refractivity contribution in [1.29, 1.82) is 0 Å². The molecule has 0 fully saturated rings. The average molecular weight is 235 g/mol. The molecule has 0 bridgehead atoms. The fourth-order valence-electron chi connectivity index (χ4n) is 1.58. The molecule has 0 radical (unpaired) electrons. The van der Waals surface area contributed by atoms with Crippen LogP contribution in [0.2, 0.25) is 5.02 Å². The number of benzene rings is 2. The molecule has 3 heteroatoms. The smallest absolute Gasteiger partial charge is 0.128 e. The Morgan fingerprint density at radius 2 is 1.94 bits per heavy atom. The fraction of sp³-hybridized carbons (Fsp3) is 0.0769. The van der Waals surface area contributed by atoms with Crippen molar-refractivity contribution in [2.45, 2.75) is 0 Å². The van der Waals surface area contributed by atoms with Gasteiger partial charge in [-0.2, -0.15) is 0 Å². The minimum atomic E-state index is 0.231. The molecular formula is C13H11ClO2. The lowest BCUT2D eigenvalue weighted by molar-refractivity contribution is 0.416. The molecule has 0 spiro atoms. The van der Waals surface area contributed by atoms with Crippen molar-refractivity contribution < 1.29 is 9.84 Å². The Kier molecular flexibility index (Phi) is 3.02. The highest BCUT2D eigenvalue weighted by molar-refractivity contribution is 6.30. The molecule has 0 aromatic heterocycles. The van der Waals surface area contributed by atoms with Gasteiger partial charge in [0.25, 0.3) is 0 Å². The molecule has 16 heavy (non-hydrogen) atoms. The molecule has 0 unspecified atom stereocenters. The van der Waals surface area contributed by atoms with Crippen LogP contribution in [0.4, 0.5) is 0 Å². The van der Waals surface area contributed by atoms with Crippen LogP contribution < -0.4 is 4.74 Å². The zero-order valence-corrected chi connectivity index (χ0v) is 9.53. The van der Waals surface area contributed by atoms with Crippen LogP contribution >= 0.6 is 11.6 Å². The third kappa shape index (κ3) is 2.12. The summed E-state index contributed by atoms with van der Waals surface area (Å²) in [5, 5.41) is 10.1. The molecule has 0 saturated carbocycles. The molecule has 2 aromatic rings. The van der Waals surface area contributed by atoms with E-state index in [0.29, 0.717) is 10.8 Å². The average Bonchev–Trinajstić information content (AvgIpc) is 2.28. The summed E-state index contributed by atoms with van der Waals surface area (Å²) in [6, 6.07) is 12.4. The normalized spacial score (nSPS) is 10.1. The van der Waals surface area contributed by atoms with Crippen LogP contribution in [0.25, 0.3) is 11.1 Å². The van der Waals surface area contributed by atoms with E-state index in [4.69, 9.17) is 16.3 Å². The summed E-state index contributed by atoms with van der Waals surface area (Å²) in [7, 11) is 1.60. The van der Waals surface area contributed by atoms with E-state index in [1.165, 1.54) is 0 Å².